The van der Waals surface area contributed by atoms with Gasteiger partial charge in [0.1, 0.15) is 23.5 Å². The molecule has 2 aromatic carbocycles. The van der Waals surface area contributed by atoms with Crippen LogP contribution in [0.3, 0.4) is 0 Å². The molecule has 222 valence electrons. The Morgan fingerprint density at radius 2 is 1.98 bits per heavy atom. The molecule has 42 heavy (non-hydrogen) atoms. The van der Waals surface area contributed by atoms with Crippen LogP contribution in [-0.4, -0.2) is 70.5 Å². The van der Waals surface area contributed by atoms with E-state index >= 15 is 4.39 Å². The summed E-state index contributed by atoms with van der Waals surface area (Å²) in [6, 6.07) is 7.50. The normalized spacial score (nSPS) is 13.4. The quantitative estimate of drug-likeness (QED) is 0.0983. The molecule has 12 nitrogen and oxygen atoms in total. The average molecular weight is 584 g/mol. The largest absolute Gasteiger partial charge is 0.504 e. The van der Waals surface area contributed by atoms with Crippen molar-refractivity contribution in [3.05, 3.63) is 65.4 Å². The maximum absolute atomic E-state index is 15.5. The number of likely N-dealkylation sites (N-methyl/N-ethyl adjacent to an activating group) is 1. The Hall–Kier alpha value is -4.98. The molecule has 0 saturated heterocycles. The number of carbonyl (C=O) groups is 1. The molecule has 0 saturated carbocycles. The minimum absolute atomic E-state index is 0.0411. The second-order valence-electron chi connectivity index (χ2n) is 9.51. The van der Waals surface area contributed by atoms with Gasteiger partial charge in [0.25, 0.3) is 5.88 Å². The van der Waals surface area contributed by atoms with E-state index in [1.54, 1.807) is 13.1 Å². The Morgan fingerprint density at radius 3 is 2.64 bits per heavy atom. The zero-order valence-electron chi connectivity index (χ0n) is 22.7. The van der Waals surface area contributed by atoms with Crippen molar-refractivity contribution in [1.82, 2.24) is 9.88 Å². The number of aromatic nitrogens is 1. The van der Waals surface area contributed by atoms with Crippen molar-refractivity contribution in [1.29, 1.82) is 5.41 Å². The number of nitrogens with zero attached hydrogens (tertiary/aromatic N) is 3. The van der Waals surface area contributed by atoms with Crippen LogP contribution in [-0.2, 0) is 4.79 Å². The number of hydrogen-bond donors (Lipinski definition) is 6. The lowest BCUT2D eigenvalue weighted by Gasteiger charge is -2.21. The van der Waals surface area contributed by atoms with Gasteiger partial charge in [0.15, 0.2) is 17.3 Å². The number of phenolic OH excluding ortho intramolecular Hbond substituents is 1. The van der Waals surface area contributed by atoms with Crippen molar-refractivity contribution in [3.8, 4) is 28.9 Å². The summed E-state index contributed by atoms with van der Waals surface area (Å²) in [7, 11) is 1.80. The molecule has 0 fully saturated rings. The molecule has 1 unspecified atom stereocenters. The van der Waals surface area contributed by atoms with Crippen molar-refractivity contribution in [2.75, 3.05) is 32.0 Å². The molecule has 1 atom stereocenters. The van der Waals surface area contributed by atoms with E-state index in [2.05, 4.69) is 15.3 Å². The summed E-state index contributed by atoms with van der Waals surface area (Å²) < 4.78 is 41.5. The SMILES string of the molecule is CN1CCN=C1c1cc(NC(CCCCN)C(=O)O)ccc1Oc1c(F)cnc(Oc2cc(C(=N)N)ccc2O)c1F. The molecule has 0 bridgehead atoms. The number of amidine groups is 2. The Bertz CT molecular complexity index is 1520. The third-order valence-electron chi connectivity index (χ3n) is 6.45. The first-order valence-electron chi connectivity index (χ1n) is 13.1. The maximum Gasteiger partial charge on any atom is 0.326 e. The number of carboxylic acid groups (broad SMARTS) is 1. The van der Waals surface area contributed by atoms with Crippen LogP contribution in [0.5, 0.6) is 28.9 Å². The molecule has 1 aromatic heterocycles. The molecule has 3 aromatic rings. The van der Waals surface area contributed by atoms with Crippen LogP contribution in [0.15, 0.2) is 47.6 Å². The maximum atomic E-state index is 15.5. The fraction of sp³-hybridized carbons (Fsp3) is 0.286. The first kappa shape index (κ1) is 30.0. The molecular formula is C28H31F2N7O5. The van der Waals surface area contributed by atoms with Gasteiger partial charge in [-0.2, -0.15) is 4.39 Å². The second-order valence-corrected chi connectivity index (χ2v) is 9.51. The highest BCUT2D eigenvalue weighted by Gasteiger charge is 2.25. The third-order valence-corrected chi connectivity index (χ3v) is 6.45. The number of unbranched alkanes of at least 4 members (excludes halogenated alkanes) is 1. The average Bonchev–Trinajstić information content (AvgIpc) is 3.38. The van der Waals surface area contributed by atoms with Gasteiger partial charge < -0.3 is 41.4 Å². The van der Waals surface area contributed by atoms with Crippen molar-refractivity contribution in [3.63, 3.8) is 0 Å². The number of halogens is 2. The van der Waals surface area contributed by atoms with Crippen LogP contribution in [0.2, 0.25) is 0 Å². The van der Waals surface area contributed by atoms with Gasteiger partial charge in [0.05, 0.1) is 18.3 Å². The highest BCUT2D eigenvalue weighted by atomic mass is 19.1. The van der Waals surface area contributed by atoms with Gasteiger partial charge in [0.2, 0.25) is 11.6 Å². The first-order chi connectivity index (χ1) is 20.1. The van der Waals surface area contributed by atoms with Crippen molar-refractivity contribution in [2.24, 2.45) is 16.5 Å². The number of benzene rings is 2. The van der Waals surface area contributed by atoms with Crippen LogP contribution < -0.4 is 26.3 Å². The summed E-state index contributed by atoms with van der Waals surface area (Å²) in [4.78, 5) is 21.8. The molecular weight excluding hydrogens is 552 g/mol. The molecule has 1 aliphatic rings. The zero-order chi connectivity index (χ0) is 30.4. The summed E-state index contributed by atoms with van der Waals surface area (Å²) in [6.07, 6.45) is 2.35. The van der Waals surface area contributed by atoms with Crippen molar-refractivity contribution < 1.29 is 33.3 Å². The number of phenols is 1. The number of aromatic hydroxyl groups is 1. The number of aliphatic imine (C=N–C) groups is 1. The number of ether oxygens (including phenoxy) is 2. The van der Waals surface area contributed by atoms with E-state index in [4.69, 9.17) is 26.4 Å². The first-order valence-corrected chi connectivity index (χ1v) is 13.1. The predicted molar refractivity (Wildman–Crippen MR) is 152 cm³/mol. The number of nitrogen functional groups attached to an aromatic ring is 1. The minimum atomic E-state index is -1.29. The summed E-state index contributed by atoms with van der Waals surface area (Å²) in [5.41, 5.74) is 12.0. The molecule has 8 N–H and O–H groups in total. The second kappa shape index (κ2) is 13.1. The Labute approximate surface area is 240 Å². The summed E-state index contributed by atoms with van der Waals surface area (Å²) in [5.74, 6) is -5.39. The third kappa shape index (κ3) is 6.83. The summed E-state index contributed by atoms with van der Waals surface area (Å²) in [5, 5.41) is 30.4. The van der Waals surface area contributed by atoms with E-state index in [0.717, 1.165) is 0 Å². The number of nitrogens with one attached hydrogen (secondary N) is 2. The zero-order valence-corrected chi connectivity index (χ0v) is 22.7. The van der Waals surface area contributed by atoms with Crippen molar-refractivity contribution >= 4 is 23.3 Å². The molecule has 2 heterocycles. The van der Waals surface area contributed by atoms with Gasteiger partial charge >= 0.3 is 5.97 Å². The van der Waals surface area contributed by atoms with Gasteiger partial charge in [-0.25, -0.2) is 14.2 Å². The fourth-order valence-electron chi connectivity index (χ4n) is 4.23. The van der Waals surface area contributed by atoms with E-state index < -0.39 is 35.3 Å². The lowest BCUT2D eigenvalue weighted by atomic mass is 10.1. The predicted octanol–water partition coefficient (Wildman–Crippen LogP) is 3.62. The van der Waals surface area contributed by atoms with Crippen molar-refractivity contribution in [2.45, 2.75) is 25.3 Å². The molecule has 0 aliphatic carbocycles. The monoisotopic (exact) mass is 583 g/mol. The van der Waals surface area contributed by atoms with E-state index in [-0.39, 0.29) is 28.6 Å². The van der Waals surface area contributed by atoms with Crippen LogP contribution >= 0.6 is 0 Å². The standard InChI is InChI=1S/C28H31F2N7O5/c1-37-11-10-34-26(37)17-13-16(36-19(28(39)40)4-2-3-9-31)6-8-21(17)41-24-18(29)14-35-27(23(24)30)42-22-12-15(25(32)33)5-7-20(22)38/h5-8,12-14,19,36,38H,2-4,9-11,31H2,1H3,(H3,32,33)(H,39,40). The van der Waals surface area contributed by atoms with Gasteiger partial charge in [-0.1, -0.05) is 0 Å². The van der Waals surface area contributed by atoms with E-state index in [1.165, 1.54) is 30.3 Å². The lowest BCUT2D eigenvalue weighted by Crippen LogP contribution is -2.29. The molecule has 1 aliphatic heterocycles. The van der Waals surface area contributed by atoms with E-state index in [1.807, 2.05) is 4.90 Å². The lowest BCUT2D eigenvalue weighted by molar-refractivity contribution is -0.138. The molecule has 4 rings (SSSR count). The van der Waals surface area contributed by atoms with Gasteiger partial charge in [-0.15, -0.1) is 0 Å². The van der Waals surface area contributed by atoms with Crippen LogP contribution in [0.4, 0.5) is 14.5 Å². The molecule has 14 heteroatoms. The highest BCUT2D eigenvalue weighted by molar-refractivity contribution is 6.03. The van der Waals surface area contributed by atoms with Gasteiger partial charge in [-0.3, -0.25) is 10.4 Å². The summed E-state index contributed by atoms with van der Waals surface area (Å²) in [6.45, 7) is 1.54. The minimum Gasteiger partial charge on any atom is -0.504 e. The van der Waals surface area contributed by atoms with E-state index in [9.17, 15) is 19.4 Å². The van der Waals surface area contributed by atoms with Gasteiger partial charge in [-0.05, 0) is 62.2 Å². The summed E-state index contributed by atoms with van der Waals surface area (Å²) >= 11 is 0. The topological polar surface area (TPSA) is 192 Å². The fourth-order valence-corrected chi connectivity index (χ4v) is 4.23. The van der Waals surface area contributed by atoms with E-state index in [0.29, 0.717) is 62.2 Å². The number of nitrogens with two attached hydrogens (primary N) is 2. The van der Waals surface area contributed by atoms with Crippen LogP contribution in [0.25, 0.3) is 0 Å². The Balaban J connectivity index is 1.68. The number of hydrogen-bond acceptors (Lipinski definition) is 10. The molecule has 0 amide bonds. The molecule has 0 spiro atoms. The number of rotatable bonds is 13. The number of anilines is 1. The number of carboxylic acids is 1. The number of pyridine rings is 1. The smallest absolute Gasteiger partial charge is 0.326 e. The van der Waals surface area contributed by atoms with Crippen LogP contribution in [0.1, 0.15) is 30.4 Å². The number of aliphatic carboxylic acids is 1. The van der Waals surface area contributed by atoms with Gasteiger partial charge in [0, 0.05) is 24.8 Å². The van der Waals surface area contributed by atoms with Crippen LogP contribution in [0, 0.1) is 17.0 Å². The Kier molecular flexibility index (Phi) is 9.37. The Morgan fingerprint density at radius 1 is 1.19 bits per heavy atom. The molecule has 0 radical (unpaired) electrons. The highest BCUT2D eigenvalue weighted by Crippen LogP contribution is 2.38.